The van der Waals surface area contributed by atoms with Crippen LogP contribution in [0.5, 0.6) is 0 Å². The van der Waals surface area contributed by atoms with Crippen LogP contribution in [0.1, 0.15) is 21.0 Å². The largest absolute Gasteiger partial charge is 0.323 e. The van der Waals surface area contributed by atoms with E-state index in [1.165, 1.54) is 54.3 Å². The highest BCUT2D eigenvalue weighted by Gasteiger charge is 2.23. The molecule has 0 unspecified atom stereocenters. The summed E-state index contributed by atoms with van der Waals surface area (Å²) in [6.45, 7) is 0. The third-order valence-corrected chi connectivity index (χ3v) is 6.25. The second-order valence-electron chi connectivity index (χ2n) is 8.15. The minimum absolute atomic E-state index is 0.0318. The number of carbonyl (C=O) groups excluding carboxylic acids is 2. The lowest BCUT2D eigenvalue weighted by molar-refractivity contribution is 0.101. The minimum Gasteiger partial charge on any atom is -0.323 e. The smallest absolute Gasteiger partial charge is 0.291 e. The lowest BCUT2D eigenvalue weighted by Gasteiger charge is -2.11. The predicted molar refractivity (Wildman–Crippen MR) is 136 cm³/mol. The Hall–Kier alpha value is -4.63. The van der Waals surface area contributed by atoms with E-state index >= 15 is 8.78 Å². The van der Waals surface area contributed by atoms with E-state index in [0.29, 0.717) is 23.2 Å². The Bertz CT molecular complexity index is 1650. The number of nitrogens with zero attached hydrogens (tertiary/aromatic N) is 3. The zero-order chi connectivity index (χ0) is 26.1. The molecule has 1 amide bonds. The molecule has 10 heteroatoms. The quantitative estimate of drug-likeness (QED) is 0.265. The van der Waals surface area contributed by atoms with Gasteiger partial charge in [0.15, 0.2) is 23.7 Å². The molecular weight excluding hydrogens is 500 g/mol. The summed E-state index contributed by atoms with van der Waals surface area (Å²) >= 11 is 6.01. The monoisotopic (exact) mass is 517 g/mol. The van der Waals surface area contributed by atoms with Crippen LogP contribution in [0.25, 0.3) is 33.6 Å². The highest BCUT2D eigenvalue weighted by molar-refractivity contribution is 6.33. The first-order valence-corrected chi connectivity index (χ1v) is 11.4. The van der Waals surface area contributed by atoms with Crippen LogP contribution in [-0.2, 0) is 7.05 Å². The molecule has 0 aliphatic carbocycles. The molecule has 2 heterocycles. The van der Waals surface area contributed by atoms with Gasteiger partial charge in [0.25, 0.3) is 5.91 Å². The van der Waals surface area contributed by atoms with Gasteiger partial charge >= 0.3 is 0 Å². The van der Waals surface area contributed by atoms with Gasteiger partial charge in [-0.3, -0.25) is 14.7 Å². The van der Waals surface area contributed by atoms with E-state index < -0.39 is 17.5 Å². The standard InChI is InChI=1S/C27H18ClF2N5O2/c1-35-22(13-31-26(35)27(37)33-17-8-7-16(14-36)21(28)11-17)19-10-9-18(23(29)24(19)30)20-12-32-34-25(20)15-5-3-2-4-6-15/h2-14H,1H3,(H,32,34)(H,33,37). The number of anilines is 1. The topological polar surface area (TPSA) is 92.7 Å². The van der Waals surface area contributed by atoms with Gasteiger partial charge in [-0.05, 0) is 24.3 Å². The molecule has 2 N–H and O–H groups in total. The number of H-pyrrole nitrogens is 1. The van der Waals surface area contributed by atoms with Crippen LogP contribution in [0.15, 0.2) is 73.1 Å². The first-order valence-electron chi connectivity index (χ1n) is 11.0. The van der Waals surface area contributed by atoms with Gasteiger partial charge in [0, 0.05) is 40.6 Å². The Balaban J connectivity index is 1.46. The van der Waals surface area contributed by atoms with E-state index in [-0.39, 0.29) is 33.2 Å². The van der Waals surface area contributed by atoms with E-state index in [4.69, 9.17) is 11.6 Å². The molecule has 3 aromatic carbocycles. The second-order valence-corrected chi connectivity index (χ2v) is 8.55. The highest BCUT2D eigenvalue weighted by atomic mass is 35.5. The first-order chi connectivity index (χ1) is 17.9. The lowest BCUT2D eigenvalue weighted by Crippen LogP contribution is -2.17. The molecule has 7 nitrogen and oxygen atoms in total. The Labute approximate surface area is 214 Å². The summed E-state index contributed by atoms with van der Waals surface area (Å²) < 4.78 is 32.0. The molecule has 5 aromatic rings. The van der Waals surface area contributed by atoms with Gasteiger partial charge in [-0.2, -0.15) is 5.10 Å². The number of aromatic amines is 1. The molecule has 0 fully saturated rings. The lowest BCUT2D eigenvalue weighted by atomic mass is 9.99. The van der Waals surface area contributed by atoms with E-state index in [2.05, 4.69) is 20.5 Å². The van der Waals surface area contributed by atoms with Crippen molar-refractivity contribution in [3.8, 4) is 33.6 Å². The van der Waals surface area contributed by atoms with Crippen LogP contribution in [0.2, 0.25) is 5.02 Å². The molecule has 0 aliphatic heterocycles. The van der Waals surface area contributed by atoms with E-state index in [9.17, 15) is 9.59 Å². The van der Waals surface area contributed by atoms with Crippen LogP contribution in [-0.4, -0.2) is 31.9 Å². The van der Waals surface area contributed by atoms with Crippen molar-refractivity contribution in [1.29, 1.82) is 0 Å². The summed E-state index contributed by atoms with van der Waals surface area (Å²) in [5.41, 5.74) is 2.59. The molecule has 0 radical (unpaired) electrons. The molecule has 0 saturated heterocycles. The van der Waals surface area contributed by atoms with E-state index in [1.807, 2.05) is 30.3 Å². The summed E-state index contributed by atoms with van der Waals surface area (Å²) in [5.74, 6) is -2.75. The third kappa shape index (κ3) is 4.41. The van der Waals surface area contributed by atoms with Crippen molar-refractivity contribution in [3.05, 3.63) is 101 Å². The molecule has 2 aromatic heterocycles. The first kappa shape index (κ1) is 24.1. The van der Waals surface area contributed by atoms with Gasteiger partial charge < -0.3 is 9.88 Å². The van der Waals surface area contributed by atoms with Crippen LogP contribution in [0.4, 0.5) is 14.5 Å². The maximum atomic E-state index is 15.3. The highest BCUT2D eigenvalue weighted by Crippen LogP contribution is 2.35. The number of rotatable bonds is 6. The average Bonchev–Trinajstić information content (AvgIpc) is 3.53. The number of benzene rings is 3. The fourth-order valence-corrected chi connectivity index (χ4v) is 4.25. The fourth-order valence-electron chi connectivity index (χ4n) is 4.03. The van der Waals surface area contributed by atoms with Gasteiger partial charge in [0.2, 0.25) is 0 Å². The SMILES string of the molecule is Cn1c(-c2ccc(-c3cn[nH]c3-c3ccccc3)c(F)c2F)cnc1C(=O)Nc1ccc(C=O)c(Cl)c1. The number of amides is 1. The summed E-state index contributed by atoms with van der Waals surface area (Å²) in [4.78, 5) is 27.8. The zero-order valence-corrected chi connectivity index (χ0v) is 20.1. The maximum absolute atomic E-state index is 15.3. The number of halogens is 3. The van der Waals surface area contributed by atoms with Crippen molar-refractivity contribution in [2.24, 2.45) is 7.05 Å². The second kappa shape index (κ2) is 9.79. The van der Waals surface area contributed by atoms with Crippen molar-refractivity contribution < 1.29 is 18.4 Å². The van der Waals surface area contributed by atoms with Crippen molar-refractivity contribution in [2.75, 3.05) is 5.32 Å². The van der Waals surface area contributed by atoms with Gasteiger partial charge in [-0.15, -0.1) is 0 Å². The number of hydrogen-bond acceptors (Lipinski definition) is 4. The van der Waals surface area contributed by atoms with Crippen LogP contribution in [0, 0.1) is 11.6 Å². The Morgan fingerprint density at radius 2 is 1.73 bits per heavy atom. The van der Waals surface area contributed by atoms with Crippen LogP contribution >= 0.6 is 11.6 Å². The average molecular weight is 518 g/mol. The summed E-state index contributed by atoms with van der Waals surface area (Å²) in [6.07, 6.45) is 3.34. The molecule has 184 valence electrons. The maximum Gasteiger partial charge on any atom is 0.291 e. The third-order valence-electron chi connectivity index (χ3n) is 5.93. The van der Waals surface area contributed by atoms with Crippen molar-refractivity contribution in [3.63, 3.8) is 0 Å². The van der Waals surface area contributed by atoms with Gasteiger partial charge in [-0.1, -0.05) is 48.0 Å². The summed E-state index contributed by atoms with van der Waals surface area (Å²) in [7, 11) is 1.52. The van der Waals surface area contributed by atoms with E-state index in [0.717, 1.165) is 5.56 Å². The summed E-state index contributed by atoms with van der Waals surface area (Å²) in [5, 5.41) is 9.67. The number of hydrogen-bond donors (Lipinski definition) is 2. The number of imidazole rings is 1. The molecule has 0 aliphatic rings. The minimum atomic E-state index is -1.08. The zero-order valence-electron chi connectivity index (χ0n) is 19.3. The van der Waals surface area contributed by atoms with Gasteiger partial charge in [0.05, 0.1) is 28.8 Å². The Morgan fingerprint density at radius 1 is 1.00 bits per heavy atom. The van der Waals surface area contributed by atoms with Crippen molar-refractivity contribution >= 4 is 29.5 Å². The van der Waals surface area contributed by atoms with Crippen molar-refractivity contribution in [1.82, 2.24) is 19.7 Å². The number of nitrogens with one attached hydrogen (secondary N) is 2. The van der Waals surface area contributed by atoms with Crippen molar-refractivity contribution in [2.45, 2.75) is 0 Å². The molecular formula is C27H18ClF2N5O2. The molecule has 0 atom stereocenters. The number of aromatic nitrogens is 4. The van der Waals surface area contributed by atoms with E-state index in [1.54, 1.807) is 0 Å². The van der Waals surface area contributed by atoms with Gasteiger partial charge in [0.1, 0.15) is 0 Å². The van der Waals surface area contributed by atoms with Crippen LogP contribution < -0.4 is 5.32 Å². The summed E-state index contributed by atoms with van der Waals surface area (Å²) in [6, 6.07) is 16.5. The predicted octanol–water partition coefficient (Wildman–Crippen LogP) is 6.14. The number of carbonyl (C=O) groups is 2. The Kier molecular flexibility index (Phi) is 6.37. The molecule has 5 rings (SSSR count). The molecule has 0 bridgehead atoms. The van der Waals surface area contributed by atoms with Crippen LogP contribution in [0.3, 0.4) is 0 Å². The number of aldehydes is 1. The molecule has 0 spiro atoms. The fraction of sp³-hybridized carbons (Fsp3) is 0.0370. The molecule has 0 saturated carbocycles. The molecule has 37 heavy (non-hydrogen) atoms. The Morgan fingerprint density at radius 3 is 2.46 bits per heavy atom. The normalized spacial score (nSPS) is 10.9. The van der Waals surface area contributed by atoms with Gasteiger partial charge in [-0.25, -0.2) is 13.8 Å².